The van der Waals surface area contributed by atoms with E-state index in [1.807, 2.05) is 165 Å². The Balaban J connectivity index is 1.14. The molecule has 0 aromatic heterocycles. The molecule has 0 aliphatic carbocycles. The summed E-state index contributed by atoms with van der Waals surface area (Å²) in [7, 11) is 0. The van der Waals surface area contributed by atoms with Gasteiger partial charge in [0.15, 0.2) is 0 Å². The van der Waals surface area contributed by atoms with Crippen LogP contribution in [0.2, 0.25) is 0 Å². The summed E-state index contributed by atoms with van der Waals surface area (Å²) in [6.07, 6.45) is 2.34. The van der Waals surface area contributed by atoms with Gasteiger partial charge in [0.05, 0.1) is 54.5 Å². The summed E-state index contributed by atoms with van der Waals surface area (Å²) >= 11 is 27.2. The third kappa shape index (κ3) is 9.91. The first-order valence-electron chi connectivity index (χ1n) is 12.4. The number of nitrogens with zero attached hydrogens (tertiary/aromatic N) is 2. The van der Waals surface area contributed by atoms with Crippen LogP contribution in [0.1, 0.15) is 33.1 Å². The average molecular weight is 801 g/mol. The molecule has 0 aromatic rings. The van der Waals surface area contributed by atoms with Crippen molar-refractivity contribution in [1.29, 1.82) is 10.5 Å². The van der Waals surface area contributed by atoms with Crippen molar-refractivity contribution in [3.05, 3.63) is 52.2 Å². The average Bonchev–Trinajstić information content (AvgIpc) is 3.75. The van der Waals surface area contributed by atoms with Gasteiger partial charge in [-0.05, 0) is 41.6 Å². The minimum atomic E-state index is 0.591. The fraction of sp³-hybridized carbons (Fsp3) is 0.440. The van der Waals surface area contributed by atoms with Gasteiger partial charge in [0.2, 0.25) is 0 Å². The monoisotopic (exact) mass is 800 g/mol. The van der Waals surface area contributed by atoms with Gasteiger partial charge in [-0.15, -0.1) is 70.6 Å². The first-order valence-corrected chi connectivity index (χ1v) is 24.8. The topological polar surface area (TPSA) is 47.6 Å². The molecule has 0 N–H and O–H groups in total. The van der Waals surface area contributed by atoms with Crippen LogP contribution < -0.4 is 0 Å². The maximum atomic E-state index is 9.06. The van der Waals surface area contributed by atoms with Crippen LogP contribution in [0.4, 0.5) is 0 Å². The van der Waals surface area contributed by atoms with E-state index in [0.29, 0.717) is 12.8 Å². The Morgan fingerprint density at radius 1 is 0.512 bits per heavy atom. The van der Waals surface area contributed by atoms with E-state index in [1.165, 1.54) is 63.7 Å². The fourth-order valence-corrected chi connectivity index (χ4v) is 24.0. The molecule has 0 saturated carbocycles. The molecular formula is C25H24N2S14. The lowest BCUT2D eigenvalue weighted by atomic mass is 10.6. The molecule has 0 bridgehead atoms. The Morgan fingerprint density at radius 2 is 0.878 bits per heavy atom. The lowest BCUT2D eigenvalue weighted by molar-refractivity contribution is 1.13. The highest BCUT2D eigenvalue weighted by Crippen LogP contribution is 2.67. The van der Waals surface area contributed by atoms with E-state index in [4.69, 9.17) is 10.5 Å². The zero-order valence-corrected chi connectivity index (χ0v) is 33.4. The third-order valence-corrected chi connectivity index (χ3v) is 25.8. The SMILES string of the molecule is CC1=C(C)SC(=C2SC(SCCC#N)=C(SCCCSC3=C(SCCC#N)SC(=C4SC5=C(SCCS5)S4)S3)S2)S1. The van der Waals surface area contributed by atoms with Gasteiger partial charge >= 0.3 is 0 Å². The van der Waals surface area contributed by atoms with Crippen molar-refractivity contribution in [1.82, 2.24) is 0 Å². The molecular weight excluding hydrogens is 777 g/mol. The minimum Gasteiger partial charge on any atom is -0.198 e. The van der Waals surface area contributed by atoms with Gasteiger partial charge in [0.1, 0.15) is 0 Å². The van der Waals surface area contributed by atoms with Crippen LogP contribution in [-0.4, -0.2) is 34.5 Å². The summed E-state index contributed by atoms with van der Waals surface area (Å²) in [5.41, 5.74) is 0. The molecule has 5 heterocycles. The quantitative estimate of drug-likeness (QED) is 0.176. The standard InChI is InChI=1S/C25H24N2S14/c1-14-15(2)35-22(34-14)23-36-16(28-8-3-6-26)18(37-23)30-10-5-11-31-19-17(29-9-4-7-27)38-24(39-19)25-40-20-21(41-25)33-13-12-32-20/h3-5,8-13H2,1-2H3. The van der Waals surface area contributed by atoms with Gasteiger partial charge in [-0.2, -0.15) is 10.5 Å². The zero-order valence-electron chi connectivity index (χ0n) is 22.0. The second-order valence-corrected chi connectivity index (χ2v) is 25.9. The van der Waals surface area contributed by atoms with E-state index in [1.54, 1.807) is 0 Å². The molecule has 0 fully saturated rings. The molecule has 0 unspecified atom stereocenters. The number of allylic oxidation sites excluding steroid dienone is 2. The Hall–Kier alpha value is 2.32. The van der Waals surface area contributed by atoms with Gasteiger partial charge in [-0.1, -0.05) is 94.1 Å². The summed E-state index contributed by atoms with van der Waals surface area (Å²) in [5, 5.41) is 18.1. The highest BCUT2D eigenvalue weighted by molar-refractivity contribution is 8.45. The summed E-state index contributed by atoms with van der Waals surface area (Å²) in [4.78, 5) is 2.82. The highest BCUT2D eigenvalue weighted by atomic mass is 32.3. The van der Waals surface area contributed by atoms with Crippen molar-refractivity contribution < 1.29 is 0 Å². The van der Waals surface area contributed by atoms with E-state index < -0.39 is 0 Å². The van der Waals surface area contributed by atoms with Crippen LogP contribution >= 0.6 is 165 Å². The summed E-state index contributed by atoms with van der Waals surface area (Å²) in [6.45, 7) is 4.43. The van der Waals surface area contributed by atoms with Gasteiger partial charge < -0.3 is 0 Å². The van der Waals surface area contributed by atoms with Gasteiger partial charge in [0, 0.05) is 35.9 Å². The van der Waals surface area contributed by atoms with Crippen molar-refractivity contribution in [3.63, 3.8) is 0 Å². The summed E-state index contributed by atoms with van der Waals surface area (Å²) in [5.74, 6) is 6.36. The van der Waals surface area contributed by atoms with Crippen LogP contribution in [0.25, 0.3) is 0 Å². The van der Waals surface area contributed by atoms with Crippen LogP contribution in [0, 0.1) is 22.7 Å². The number of thioether (sulfide) groups is 14. The molecule has 5 rings (SSSR count). The van der Waals surface area contributed by atoms with Crippen LogP contribution in [0.3, 0.4) is 0 Å². The molecule has 16 heteroatoms. The summed E-state index contributed by atoms with van der Waals surface area (Å²) in [6, 6.07) is 4.60. The largest absolute Gasteiger partial charge is 0.198 e. The smallest absolute Gasteiger partial charge is 0.0717 e. The molecule has 5 aliphatic rings. The van der Waals surface area contributed by atoms with Crippen molar-refractivity contribution in [2.75, 3.05) is 34.5 Å². The first kappa shape index (κ1) is 34.6. The van der Waals surface area contributed by atoms with Crippen LogP contribution in [0.5, 0.6) is 0 Å². The lowest BCUT2D eigenvalue weighted by Crippen LogP contribution is -1.88. The van der Waals surface area contributed by atoms with E-state index in [9.17, 15) is 0 Å². The molecule has 2 nitrogen and oxygen atoms in total. The van der Waals surface area contributed by atoms with Crippen molar-refractivity contribution in [2.24, 2.45) is 0 Å². The highest BCUT2D eigenvalue weighted by Gasteiger charge is 2.32. The first-order chi connectivity index (χ1) is 20.1. The molecule has 5 aliphatic heterocycles. The Kier molecular flexibility index (Phi) is 15.2. The maximum Gasteiger partial charge on any atom is 0.0717 e. The number of hydrogen-bond acceptors (Lipinski definition) is 16. The molecule has 0 atom stereocenters. The molecule has 41 heavy (non-hydrogen) atoms. The lowest BCUT2D eigenvalue weighted by Gasteiger charge is -2.08. The van der Waals surface area contributed by atoms with Gasteiger partial charge in [-0.25, -0.2) is 0 Å². The van der Waals surface area contributed by atoms with Crippen LogP contribution in [0.15, 0.2) is 52.2 Å². The molecule has 0 radical (unpaired) electrons. The van der Waals surface area contributed by atoms with E-state index in [-0.39, 0.29) is 0 Å². The van der Waals surface area contributed by atoms with Crippen molar-refractivity contribution in [3.8, 4) is 12.1 Å². The number of hydrogen-bond donors (Lipinski definition) is 0. The van der Waals surface area contributed by atoms with Gasteiger partial charge in [-0.3, -0.25) is 0 Å². The van der Waals surface area contributed by atoms with E-state index >= 15 is 0 Å². The third-order valence-electron chi connectivity index (χ3n) is 5.13. The molecule has 218 valence electrons. The predicted octanol–water partition coefficient (Wildman–Crippen LogP) is 13.4. The zero-order chi connectivity index (χ0) is 28.6. The predicted molar refractivity (Wildman–Crippen MR) is 214 cm³/mol. The molecule has 0 saturated heterocycles. The molecule has 0 amide bonds. The Labute approximate surface area is 303 Å². The normalized spacial score (nSPS) is 21.2. The second kappa shape index (κ2) is 18.0. The molecule has 0 spiro atoms. The minimum absolute atomic E-state index is 0.591. The summed E-state index contributed by atoms with van der Waals surface area (Å²) < 4.78 is 14.3. The second-order valence-electron chi connectivity index (χ2n) is 8.06. The van der Waals surface area contributed by atoms with Crippen molar-refractivity contribution >= 4 is 165 Å². The fourth-order valence-electron chi connectivity index (χ4n) is 3.16. The number of nitriles is 2. The maximum absolute atomic E-state index is 9.06. The van der Waals surface area contributed by atoms with E-state index in [2.05, 4.69) is 26.0 Å². The number of rotatable bonds is 12. The Morgan fingerprint density at radius 3 is 1.29 bits per heavy atom. The Bertz CT molecular complexity index is 1290. The molecule has 0 aromatic carbocycles. The van der Waals surface area contributed by atoms with E-state index in [0.717, 1.165) is 29.4 Å². The van der Waals surface area contributed by atoms with Gasteiger partial charge in [0.25, 0.3) is 0 Å². The van der Waals surface area contributed by atoms with Crippen molar-refractivity contribution in [2.45, 2.75) is 33.1 Å². The van der Waals surface area contributed by atoms with Crippen LogP contribution in [-0.2, 0) is 0 Å².